The molecular weight excluding hydrogens is 194 g/mol. The Morgan fingerprint density at radius 1 is 1.21 bits per heavy atom. The van der Waals surface area contributed by atoms with Gasteiger partial charge in [0.1, 0.15) is 5.01 Å². The third-order valence-electron chi connectivity index (χ3n) is 3.82. The molecule has 3 saturated carbocycles. The fraction of sp³-hybridized carbons (Fsp3) is 0.800. The number of nitrogen functional groups attached to an aromatic ring is 1. The molecular formula is C10H15N3S. The highest BCUT2D eigenvalue weighted by Crippen LogP contribution is 2.49. The zero-order chi connectivity index (χ0) is 9.54. The highest BCUT2D eigenvalue weighted by molar-refractivity contribution is 7.05. The zero-order valence-corrected chi connectivity index (χ0v) is 8.96. The van der Waals surface area contributed by atoms with E-state index < -0.39 is 0 Å². The van der Waals surface area contributed by atoms with Crippen molar-refractivity contribution in [2.75, 3.05) is 5.73 Å². The molecule has 76 valence electrons. The lowest BCUT2D eigenvalue weighted by Gasteiger charge is -2.41. The van der Waals surface area contributed by atoms with Gasteiger partial charge in [-0.2, -0.15) is 4.37 Å². The first kappa shape index (κ1) is 8.65. The normalized spacial score (nSPS) is 36.1. The van der Waals surface area contributed by atoms with Crippen LogP contribution in [0.15, 0.2) is 0 Å². The summed E-state index contributed by atoms with van der Waals surface area (Å²) in [6.07, 6.45) is 7.01. The van der Waals surface area contributed by atoms with E-state index in [2.05, 4.69) is 9.36 Å². The molecule has 4 heteroatoms. The Morgan fingerprint density at radius 2 is 2.00 bits per heavy atom. The summed E-state index contributed by atoms with van der Waals surface area (Å²) < 4.78 is 4.08. The lowest BCUT2D eigenvalue weighted by Crippen LogP contribution is -2.29. The first-order valence-corrected chi connectivity index (χ1v) is 6.19. The number of nitrogens with zero attached hydrogens (tertiary/aromatic N) is 2. The number of rotatable bonds is 1. The van der Waals surface area contributed by atoms with E-state index >= 15 is 0 Å². The van der Waals surface area contributed by atoms with Crippen LogP contribution in [-0.2, 0) is 0 Å². The Hall–Kier alpha value is -0.640. The van der Waals surface area contributed by atoms with Crippen molar-refractivity contribution >= 4 is 17.5 Å². The Labute approximate surface area is 87.9 Å². The van der Waals surface area contributed by atoms with Crippen molar-refractivity contribution in [1.82, 2.24) is 9.36 Å². The van der Waals surface area contributed by atoms with Gasteiger partial charge >= 0.3 is 0 Å². The molecule has 3 nitrogen and oxygen atoms in total. The molecule has 4 rings (SSSR count). The van der Waals surface area contributed by atoms with Crippen LogP contribution in [0.3, 0.4) is 0 Å². The first-order chi connectivity index (χ1) is 6.83. The molecule has 0 aromatic carbocycles. The SMILES string of the molecule is Nc1nsc(C2CC3CCC2CC3)n1. The summed E-state index contributed by atoms with van der Waals surface area (Å²) in [5, 5.41) is 1.19. The molecule has 0 spiro atoms. The first-order valence-electron chi connectivity index (χ1n) is 5.42. The maximum atomic E-state index is 5.57. The van der Waals surface area contributed by atoms with E-state index in [0.717, 1.165) is 11.8 Å². The summed E-state index contributed by atoms with van der Waals surface area (Å²) in [7, 11) is 0. The van der Waals surface area contributed by atoms with E-state index in [4.69, 9.17) is 5.73 Å². The summed E-state index contributed by atoms with van der Waals surface area (Å²) in [5.74, 6) is 2.96. The Kier molecular flexibility index (Phi) is 1.97. The van der Waals surface area contributed by atoms with Crippen molar-refractivity contribution in [3.05, 3.63) is 5.01 Å². The van der Waals surface area contributed by atoms with E-state index in [1.54, 1.807) is 0 Å². The van der Waals surface area contributed by atoms with Gasteiger partial charge in [0.05, 0.1) is 0 Å². The highest BCUT2D eigenvalue weighted by Gasteiger charge is 2.37. The molecule has 1 aromatic rings. The second-order valence-electron chi connectivity index (χ2n) is 4.61. The molecule has 3 fully saturated rings. The number of fused-ring (bicyclic) bond motifs is 3. The van der Waals surface area contributed by atoms with Crippen molar-refractivity contribution in [2.24, 2.45) is 11.8 Å². The van der Waals surface area contributed by atoms with Crippen LogP contribution in [0.25, 0.3) is 0 Å². The quantitative estimate of drug-likeness (QED) is 0.772. The third-order valence-corrected chi connectivity index (χ3v) is 4.68. The number of hydrogen-bond acceptors (Lipinski definition) is 4. The van der Waals surface area contributed by atoms with Crippen molar-refractivity contribution in [3.8, 4) is 0 Å². The van der Waals surface area contributed by atoms with E-state index in [9.17, 15) is 0 Å². The van der Waals surface area contributed by atoms with Crippen LogP contribution < -0.4 is 5.73 Å². The molecule has 0 amide bonds. The van der Waals surface area contributed by atoms with Gasteiger partial charge < -0.3 is 5.73 Å². The molecule has 1 unspecified atom stereocenters. The summed E-state index contributed by atoms with van der Waals surface area (Å²) in [6, 6.07) is 0. The molecule has 0 saturated heterocycles. The van der Waals surface area contributed by atoms with Crippen molar-refractivity contribution in [1.29, 1.82) is 0 Å². The van der Waals surface area contributed by atoms with Crippen LogP contribution in [0.2, 0.25) is 0 Å². The summed E-state index contributed by atoms with van der Waals surface area (Å²) in [4.78, 5) is 4.34. The predicted molar refractivity (Wildman–Crippen MR) is 57.1 cm³/mol. The second kappa shape index (κ2) is 3.19. The Balaban J connectivity index is 1.85. The van der Waals surface area contributed by atoms with E-state index in [0.29, 0.717) is 11.9 Å². The molecule has 3 aliphatic carbocycles. The van der Waals surface area contributed by atoms with Crippen LogP contribution in [0, 0.1) is 11.8 Å². The van der Waals surface area contributed by atoms with Crippen LogP contribution in [-0.4, -0.2) is 9.36 Å². The van der Waals surface area contributed by atoms with Gasteiger partial charge in [-0.25, -0.2) is 4.98 Å². The van der Waals surface area contributed by atoms with Crippen molar-refractivity contribution in [3.63, 3.8) is 0 Å². The molecule has 3 aliphatic rings. The zero-order valence-electron chi connectivity index (χ0n) is 8.15. The Morgan fingerprint density at radius 3 is 2.50 bits per heavy atom. The lowest BCUT2D eigenvalue weighted by molar-refractivity contribution is 0.144. The number of anilines is 1. The molecule has 1 atom stereocenters. The van der Waals surface area contributed by atoms with Crippen LogP contribution in [0.4, 0.5) is 5.95 Å². The van der Waals surface area contributed by atoms with Crippen LogP contribution in [0.1, 0.15) is 43.0 Å². The van der Waals surface area contributed by atoms with Gasteiger partial charge in [0.25, 0.3) is 0 Å². The van der Waals surface area contributed by atoms with E-state index in [1.807, 2.05) is 0 Å². The predicted octanol–water partition coefficient (Wildman–Crippen LogP) is 2.41. The van der Waals surface area contributed by atoms with Gasteiger partial charge in [-0.3, -0.25) is 0 Å². The second-order valence-corrected chi connectivity index (χ2v) is 5.40. The number of hydrogen-bond donors (Lipinski definition) is 1. The van der Waals surface area contributed by atoms with E-state index in [-0.39, 0.29) is 0 Å². The minimum absolute atomic E-state index is 0.464. The Bertz CT molecular complexity index is 328. The van der Waals surface area contributed by atoms with Crippen molar-refractivity contribution < 1.29 is 0 Å². The summed E-state index contributed by atoms with van der Waals surface area (Å²) in [5.41, 5.74) is 5.57. The molecule has 1 heterocycles. The number of aromatic nitrogens is 2. The molecule has 0 radical (unpaired) electrons. The fourth-order valence-electron chi connectivity index (χ4n) is 3.08. The third kappa shape index (κ3) is 1.32. The average molecular weight is 209 g/mol. The highest BCUT2D eigenvalue weighted by atomic mass is 32.1. The van der Waals surface area contributed by atoms with Gasteiger partial charge in [0.15, 0.2) is 0 Å². The molecule has 14 heavy (non-hydrogen) atoms. The van der Waals surface area contributed by atoms with Crippen LogP contribution in [0.5, 0.6) is 0 Å². The van der Waals surface area contributed by atoms with Gasteiger partial charge in [0.2, 0.25) is 5.95 Å². The van der Waals surface area contributed by atoms with E-state index in [1.165, 1.54) is 48.6 Å². The largest absolute Gasteiger partial charge is 0.367 e. The fourth-order valence-corrected chi connectivity index (χ4v) is 3.86. The van der Waals surface area contributed by atoms with Gasteiger partial charge in [-0.15, -0.1) is 0 Å². The maximum absolute atomic E-state index is 5.57. The van der Waals surface area contributed by atoms with Crippen molar-refractivity contribution in [2.45, 2.75) is 38.0 Å². The maximum Gasteiger partial charge on any atom is 0.232 e. The smallest absolute Gasteiger partial charge is 0.232 e. The molecule has 1 aromatic heterocycles. The van der Waals surface area contributed by atoms with Gasteiger partial charge in [0, 0.05) is 5.92 Å². The molecule has 0 aliphatic heterocycles. The minimum atomic E-state index is 0.464. The standard InChI is InChI=1S/C10H15N3S/c11-10-12-9(14-13-10)8-5-6-1-3-7(8)4-2-6/h6-8H,1-5H2,(H2,11,13). The van der Waals surface area contributed by atoms with Gasteiger partial charge in [-0.1, -0.05) is 12.8 Å². The molecule has 2 N–H and O–H groups in total. The summed E-state index contributed by atoms with van der Waals surface area (Å²) >= 11 is 1.51. The topological polar surface area (TPSA) is 51.8 Å². The average Bonchev–Trinajstić information content (AvgIpc) is 2.66. The molecule has 2 bridgehead atoms. The van der Waals surface area contributed by atoms with Gasteiger partial charge in [-0.05, 0) is 42.6 Å². The summed E-state index contributed by atoms with van der Waals surface area (Å²) in [6.45, 7) is 0. The van der Waals surface area contributed by atoms with Crippen LogP contribution >= 0.6 is 11.5 Å². The number of nitrogens with two attached hydrogens (primary N) is 1. The minimum Gasteiger partial charge on any atom is -0.367 e. The lowest BCUT2D eigenvalue weighted by atomic mass is 9.65. The monoisotopic (exact) mass is 209 g/mol.